The van der Waals surface area contributed by atoms with Crippen molar-refractivity contribution in [2.45, 2.75) is 56.2 Å². The summed E-state index contributed by atoms with van der Waals surface area (Å²) in [5.74, 6) is -0.967. The van der Waals surface area contributed by atoms with E-state index in [2.05, 4.69) is 5.32 Å². The van der Waals surface area contributed by atoms with Gasteiger partial charge in [-0.15, -0.1) is 0 Å². The summed E-state index contributed by atoms with van der Waals surface area (Å²) in [5.41, 5.74) is 0.804. The number of sulfone groups is 1. The van der Waals surface area contributed by atoms with Crippen LogP contribution in [0.2, 0.25) is 0 Å². The maximum absolute atomic E-state index is 13.1. The molecule has 1 aliphatic heterocycles. The molecular formula is C25H28N4O5S. The van der Waals surface area contributed by atoms with Crippen molar-refractivity contribution >= 4 is 21.7 Å². The van der Waals surface area contributed by atoms with E-state index in [1.165, 1.54) is 21.6 Å². The number of rotatable bonds is 6. The third-order valence-electron chi connectivity index (χ3n) is 6.72. The Morgan fingerprint density at radius 2 is 1.74 bits per heavy atom. The first-order chi connectivity index (χ1) is 16.4. The molecule has 1 fully saturated rings. The molecule has 2 heterocycles. The van der Waals surface area contributed by atoms with Crippen LogP contribution >= 0.6 is 0 Å². The van der Waals surface area contributed by atoms with Gasteiger partial charge < -0.3 is 14.8 Å². The van der Waals surface area contributed by atoms with Crippen LogP contribution in [0.3, 0.4) is 0 Å². The summed E-state index contributed by atoms with van der Waals surface area (Å²) >= 11 is 0. The molecule has 1 aliphatic carbocycles. The van der Waals surface area contributed by atoms with Crippen molar-refractivity contribution in [1.82, 2.24) is 14.8 Å². The average molecular weight is 497 g/mol. The molecule has 0 atom stereocenters. The Kier molecular flexibility index (Phi) is 6.09. The average Bonchev–Trinajstić information content (AvgIpc) is 3.60. The lowest BCUT2D eigenvalue weighted by Gasteiger charge is -2.34. The van der Waals surface area contributed by atoms with E-state index in [-0.39, 0.29) is 37.4 Å². The Bertz CT molecular complexity index is 1390. The van der Waals surface area contributed by atoms with Gasteiger partial charge in [-0.05, 0) is 63.4 Å². The number of benzene rings is 1. The van der Waals surface area contributed by atoms with Crippen molar-refractivity contribution < 1.29 is 18.0 Å². The predicted molar refractivity (Wildman–Crippen MR) is 130 cm³/mol. The number of amides is 2. The second-order valence-electron chi connectivity index (χ2n) is 10.1. The minimum Gasteiger partial charge on any atom is -0.348 e. The van der Waals surface area contributed by atoms with Crippen LogP contribution in [0.25, 0.3) is 0 Å². The summed E-state index contributed by atoms with van der Waals surface area (Å²) in [6.07, 6.45) is 1.03. The van der Waals surface area contributed by atoms with Crippen LogP contribution in [0.4, 0.5) is 0 Å². The van der Waals surface area contributed by atoms with Crippen LogP contribution in [0.15, 0.2) is 41.2 Å². The van der Waals surface area contributed by atoms with E-state index in [4.69, 9.17) is 5.26 Å². The van der Waals surface area contributed by atoms with Crippen LogP contribution in [-0.4, -0.2) is 52.3 Å². The molecule has 10 heteroatoms. The second-order valence-corrected chi connectivity index (χ2v) is 13.2. The third kappa shape index (κ3) is 4.36. The van der Waals surface area contributed by atoms with Crippen LogP contribution in [-0.2, 0) is 22.9 Å². The molecule has 0 radical (unpaired) electrons. The van der Waals surface area contributed by atoms with E-state index in [1.54, 1.807) is 45.0 Å². The lowest BCUT2D eigenvalue weighted by atomic mass is 10.1. The summed E-state index contributed by atoms with van der Waals surface area (Å²) in [6, 6.07) is 11.5. The molecular weight excluding hydrogens is 468 g/mol. The highest BCUT2D eigenvalue weighted by Gasteiger charge is 2.59. The minimum atomic E-state index is -3.46. The van der Waals surface area contributed by atoms with Crippen molar-refractivity contribution in [3.63, 3.8) is 0 Å². The fourth-order valence-corrected chi connectivity index (χ4v) is 6.68. The number of hydrogen-bond acceptors (Lipinski definition) is 6. The SMILES string of the molecule is CC(C)(C)S(=O)(=O)C1(CN2CCn3c(ccc(C(=O)NCc4ccc(C#N)cc4)c3=O)C2=O)CC1. The molecule has 184 valence electrons. The van der Waals surface area contributed by atoms with Gasteiger partial charge >= 0.3 is 0 Å². The lowest BCUT2D eigenvalue weighted by molar-refractivity contribution is 0.0694. The van der Waals surface area contributed by atoms with E-state index < -0.39 is 36.7 Å². The highest BCUT2D eigenvalue weighted by Crippen LogP contribution is 2.49. The maximum atomic E-state index is 13.1. The molecule has 1 N–H and O–H groups in total. The topological polar surface area (TPSA) is 129 Å². The number of aromatic nitrogens is 1. The van der Waals surface area contributed by atoms with Gasteiger partial charge in [0.2, 0.25) is 0 Å². The Morgan fingerprint density at radius 1 is 1.09 bits per heavy atom. The normalized spacial score (nSPS) is 16.9. The van der Waals surface area contributed by atoms with Gasteiger partial charge in [-0.25, -0.2) is 8.42 Å². The molecule has 9 nitrogen and oxygen atoms in total. The maximum Gasteiger partial charge on any atom is 0.270 e. The number of nitriles is 1. The first-order valence-corrected chi connectivity index (χ1v) is 12.9. The van der Waals surface area contributed by atoms with Crippen LogP contribution in [0.1, 0.15) is 65.6 Å². The standard InChI is InChI=1S/C25H28N4O5S/c1-24(2,3)35(33,34)25(10-11-25)16-28-12-13-29-20(23(28)32)9-8-19(22(29)31)21(30)27-15-18-6-4-17(14-26)5-7-18/h4-9H,10-13,15-16H2,1-3H3,(H,27,30). The van der Waals surface area contributed by atoms with E-state index in [1.807, 2.05) is 6.07 Å². The van der Waals surface area contributed by atoms with Gasteiger partial charge in [0.1, 0.15) is 11.3 Å². The summed E-state index contributed by atoms with van der Waals surface area (Å²) in [5, 5.41) is 11.6. The first kappa shape index (κ1) is 24.7. The van der Waals surface area contributed by atoms with Crippen molar-refractivity contribution in [3.8, 4) is 6.07 Å². The zero-order valence-corrected chi connectivity index (χ0v) is 20.8. The van der Waals surface area contributed by atoms with Crippen LogP contribution < -0.4 is 10.9 Å². The Morgan fingerprint density at radius 3 is 2.31 bits per heavy atom. The van der Waals surface area contributed by atoms with Gasteiger partial charge in [0, 0.05) is 26.2 Å². The zero-order valence-electron chi connectivity index (χ0n) is 20.0. The Labute approximate surface area is 204 Å². The van der Waals surface area contributed by atoms with E-state index >= 15 is 0 Å². The molecule has 0 bridgehead atoms. The molecule has 1 saturated carbocycles. The highest BCUT2D eigenvalue weighted by molar-refractivity contribution is 7.94. The molecule has 0 unspecified atom stereocenters. The number of nitrogens with zero attached hydrogens (tertiary/aromatic N) is 3. The molecule has 2 amide bonds. The van der Waals surface area contributed by atoms with Crippen molar-refractivity contribution in [1.29, 1.82) is 5.26 Å². The predicted octanol–water partition coefficient (Wildman–Crippen LogP) is 1.85. The minimum absolute atomic E-state index is 0.0716. The van der Waals surface area contributed by atoms with Gasteiger partial charge in [0.05, 0.1) is 21.1 Å². The number of fused-ring (bicyclic) bond motifs is 1. The molecule has 35 heavy (non-hydrogen) atoms. The summed E-state index contributed by atoms with van der Waals surface area (Å²) in [6.45, 7) is 5.68. The van der Waals surface area contributed by atoms with Crippen molar-refractivity contribution in [2.75, 3.05) is 13.1 Å². The van der Waals surface area contributed by atoms with Gasteiger partial charge in [0.15, 0.2) is 9.84 Å². The number of carbonyl (C=O) groups is 2. The molecule has 1 aromatic heterocycles. The molecule has 2 aliphatic rings. The fraction of sp³-hybridized carbons (Fsp3) is 0.440. The molecule has 2 aromatic rings. The summed E-state index contributed by atoms with van der Waals surface area (Å²) in [4.78, 5) is 40.3. The third-order valence-corrected chi connectivity index (χ3v) is 10.0. The number of carbonyl (C=O) groups excluding carboxylic acids is 2. The van der Waals surface area contributed by atoms with Gasteiger partial charge in [-0.2, -0.15) is 5.26 Å². The van der Waals surface area contributed by atoms with Crippen molar-refractivity contribution in [3.05, 3.63) is 69.1 Å². The monoisotopic (exact) mass is 496 g/mol. The van der Waals surface area contributed by atoms with E-state index in [9.17, 15) is 22.8 Å². The largest absolute Gasteiger partial charge is 0.348 e. The molecule has 0 spiro atoms. The van der Waals surface area contributed by atoms with Crippen LogP contribution in [0, 0.1) is 11.3 Å². The first-order valence-electron chi connectivity index (χ1n) is 11.4. The Hall–Kier alpha value is -3.45. The zero-order chi connectivity index (χ0) is 25.6. The highest BCUT2D eigenvalue weighted by atomic mass is 32.2. The number of pyridine rings is 1. The lowest BCUT2D eigenvalue weighted by Crippen LogP contribution is -2.52. The second kappa shape index (κ2) is 8.64. The fourth-order valence-electron chi connectivity index (χ4n) is 4.42. The summed E-state index contributed by atoms with van der Waals surface area (Å²) in [7, 11) is -3.46. The molecule has 0 saturated heterocycles. The van der Waals surface area contributed by atoms with Crippen LogP contribution in [0.5, 0.6) is 0 Å². The molecule has 1 aromatic carbocycles. The summed E-state index contributed by atoms with van der Waals surface area (Å²) < 4.78 is 25.6. The number of hydrogen-bond donors (Lipinski definition) is 1. The van der Waals surface area contributed by atoms with E-state index in [0.29, 0.717) is 18.4 Å². The quantitative estimate of drug-likeness (QED) is 0.650. The smallest absolute Gasteiger partial charge is 0.270 e. The van der Waals surface area contributed by atoms with E-state index in [0.717, 1.165) is 5.56 Å². The van der Waals surface area contributed by atoms with Gasteiger partial charge in [-0.3, -0.25) is 14.4 Å². The Balaban J connectivity index is 1.49. The van der Waals surface area contributed by atoms with Crippen molar-refractivity contribution in [2.24, 2.45) is 0 Å². The number of nitrogens with one attached hydrogen (secondary N) is 1. The van der Waals surface area contributed by atoms with Gasteiger partial charge in [-0.1, -0.05) is 12.1 Å². The molecule has 4 rings (SSSR count). The van der Waals surface area contributed by atoms with Gasteiger partial charge in [0.25, 0.3) is 17.4 Å².